The highest BCUT2D eigenvalue weighted by Crippen LogP contribution is 2.21. The van der Waals surface area contributed by atoms with E-state index in [2.05, 4.69) is 20.5 Å². The number of aromatic nitrogens is 3. The summed E-state index contributed by atoms with van der Waals surface area (Å²) in [5.74, 6) is 0.763. The normalized spacial score (nSPS) is 11.1. The maximum Gasteiger partial charge on any atom is 0.226 e. The maximum atomic E-state index is 12.3. The summed E-state index contributed by atoms with van der Waals surface area (Å²) >= 11 is 0. The molecule has 0 atom stereocenters. The van der Waals surface area contributed by atoms with Gasteiger partial charge in [0.05, 0.1) is 31.3 Å². The highest BCUT2D eigenvalue weighted by molar-refractivity contribution is 5.87. The average Bonchev–Trinajstić information content (AvgIpc) is 3.23. The summed E-state index contributed by atoms with van der Waals surface area (Å²) in [5.41, 5.74) is 3.67. The van der Waals surface area contributed by atoms with E-state index >= 15 is 0 Å². The van der Waals surface area contributed by atoms with Crippen LogP contribution in [0, 0.1) is 0 Å². The zero-order valence-electron chi connectivity index (χ0n) is 13.8. The van der Waals surface area contributed by atoms with Crippen molar-refractivity contribution in [2.75, 3.05) is 7.11 Å². The van der Waals surface area contributed by atoms with Crippen LogP contribution in [0.15, 0.2) is 48.5 Å². The van der Waals surface area contributed by atoms with Crippen molar-refractivity contribution >= 4 is 27.7 Å². The molecule has 4 rings (SSSR count). The highest BCUT2D eigenvalue weighted by atomic mass is 16.5. The molecular formula is C19H18N4O2. The fraction of sp³-hybridized carbons (Fsp3) is 0.158. The van der Waals surface area contributed by atoms with Gasteiger partial charge in [-0.05, 0) is 30.3 Å². The van der Waals surface area contributed by atoms with E-state index in [0.29, 0.717) is 6.54 Å². The Morgan fingerprint density at radius 3 is 2.96 bits per heavy atom. The first-order chi connectivity index (χ1) is 12.2. The van der Waals surface area contributed by atoms with E-state index in [9.17, 15) is 4.79 Å². The number of nitrogens with zero attached hydrogens (tertiary/aromatic N) is 1. The molecule has 0 aliphatic carbocycles. The minimum absolute atomic E-state index is 0.0503. The first-order valence-electron chi connectivity index (χ1n) is 8.07. The molecule has 0 radical (unpaired) electrons. The van der Waals surface area contributed by atoms with E-state index in [-0.39, 0.29) is 12.3 Å². The smallest absolute Gasteiger partial charge is 0.226 e. The van der Waals surface area contributed by atoms with Gasteiger partial charge in [0.25, 0.3) is 0 Å². The lowest BCUT2D eigenvalue weighted by Crippen LogP contribution is -2.24. The molecule has 2 heterocycles. The topological polar surface area (TPSA) is 82.8 Å². The third kappa shape index (κ3) is 3.06. The number of amides is 1. The Labute approximate surface area is 144 Å². The molecular weight excluding hydrogens is 316 g/mol. The fourth-order valence-electron chi connectivity index (χ4n) is 2.96. The van der Waals surface area contributed by atoms with E-state index in [1.807, 2.05) is 48.5 Å². The van der Waals surface area contributed by atoms with Crippen molar-refractivity contribution < 1.29 is 9.53 Å². The number of rotatable bonds is 5. The van der Waals surface area contributed by atoms with Gasteiger partial charge in [0.1, 0.15) is 5.75 Å². The fourth-order valence-corrected chi connectivity index (χ4v) is 2.96. The van der Waals surface area contributed by atoms with Gasteiger partial charge in [-0.25, -0.2) is 0 Å². The Kier molecular flexibility index (Phi) is 3.85. The second kappa shape index (κ2) is 6.32. The third-order valence-corrected chi connectivity index (χ3v) is 4.24. The Morgan fingerprint density at radius 1 is 1.20 bits per heavy atom. The molecule has 0 spiro atoms. The van der Waals surface area contributed by atoms with Crippen molar-refractivity contribution in [2.45, 2.75) is 13.0 Å². The molecule has 25 heavy (non-hydrogen) atoms. The second-order valence-corrected chi connectivity index (χ2v) is 5.92. The first-order valence-corrected chi connectivity index (χ1v) is 8.07. The minimum atomic E-state index is -0.0503. The summed E-state index contributed by atoms with van der Waals surface area (Å²) in [4.78, 5) is 15.6. The number of ether oxygens (including phenoxy) is 1. The molecule has 0 bridgehead atoms. The number of aromatic amines is 2. The number of nitrogens with one attached hydrogen (secondary N) is 3. The molecule has 2 aromatic heterocycles. The van der Waals surface area contributed by atoms with Gasteiger partial charge in [-0.15, -0.1) is 0 Å². The number of hydrogen-bond acceptors (Lipinski definition) is 3. The summed E-state index contributed by atoms with van der Waals surface area (Å²) in [6, 6.07) is 15.6. The summed E-state index contributed by atoms with van der Waals surface area (Å²) in [6.07, 6.45) is 0.272. The molecule has 6 nitrogen and oxygen atoms in total. The van der Waals surface area contributed by atoms with E-state index in [1.165, 1.54) is 0 Å². The van der Waals surface area contributed by atoms with Crippen molar-refractivity contribution in [1.29, 1.82) is 0 Å². The van der Waals surface area contributed by atoms with Gasteiger partial charge >= 0.3 is 0 Å². The van der Waals surface area contributed by atoms with E-state index < -0.39 is 0 Å². The quantitative estimate of drug-likeness (QED) is 0.525. The average molecular weight is 334 g/mol. The number of H-pyrrole nitrogens is 2. The number of hydrogen-bond donors (Lipinski definition) is 3. The molecule has 0 aliphatic rings. The van der Waals surface area contributed by atoms with Gasteiger partial charge in [-0.1, -0.05) is 18.2 Å². The standard InChI is InChI=1S/C19H18N4O2/c1-25-14-6-7-16-12(9-14)8-13(21-16)11-20-19(24)10-18-15-4-2-3-5-17(15)22-23-18/h2-9,21H,10-11H2,1H3,(H,20,24)(H,22,23). The lowest BCUT2D eigenvalue weighted by Gasteiger charge is -2.03. The summed E-state index contributed by atoms with van der Waals surface area (Å²) < 4.78 is 5.23. The minimum Gasteiger partial charge on any atom is -0.497 e. The van der Waals surface area contributed by atoms with Crippen molar-refractivity contribution in [1.82, 2.24) is 20.5 Å². The predicted octanol–water partition coefficient (Wildman–Crippen LogP) is 2.91. The molecule has 0 saturated heterocycles. The van der Waals surface area contributed by atoms with Gasteiger partial charge in [0, 0.05) is 22.0 Å². The van der Waals surface area contributed by atoms with Crippen LogP contribution in [0.25, 0.3) is 21.8 Å². The molecule has 1 amide bonds. The van der Waals surface area contributed by atoms with Crippen LogP contribution >= 0.6 is 0 Å². The Morgan fingerprint density at radius 2 is 2.08 bits per heavy atom. The van der Waals surface area contributed by atoms with Gasteiger partial charge in [-0.3, -0.25) is 9.89 Å². The Balaban J connectivity index is 1.43. The molecule has 6 heteroatoms. The molecule has 4 aromatic rings. The molecule has 0 aliphatic heterocycles. The lowest BCUT2D eigenvalue weighted by molar-refractivity contribution is -0.120. The molecule has 0 saturated carbocycles. The first kappa shape index (κ1) is 15.3. The maximum absolute atomic E-state index is 12.3. The van der Waals surface area contributed by atoms with E-state index in [0.717, 1.165) is 38.9 Å². The second-order valence-electron chi connectivity index (χ2n) is 5.92. The van der Waals surface area contributed by atoms with Crippen molar-refractivity contribution in [3.05, 3.63) is 59.9 Å². The van der Waals surface area contributed by atoms with Gasteiger partial charge in [-0.2, -0.15) is 5.10 Å². The van der Waals surface area contributed by atoms with E-state index in [4.69, 9.17) is 4.74 Å². The number of carbonyl (C=O) groups is 1. The van der Waals surface area contributed by atoms with Gasteiger partial charge in [0.2, 0.25) is 5.91 Å². The highest BCUT2D eigenvalue weighted by Gasteiger charge is 2.10. The monoisotopic (exact) mass is 334 g/mol. The van der Waals surface area contributed by atoms with Crippen LogP contribution in [0.3, 0.4) is 0 Å². The SMILES string of the molecule is COc1ccc2[nH]c(CNC(=O)Cc3[nH]nc4ccccc34)cc2c1. The molecule has 0 unspecified atom stereocenters. The number of para-hydroxylation sites is 1. The van der Waals surface area contributed by atoms with Crippen molar-refractivity contribution in [3.63, 3.8) is 0 Å². The van der Waals surface area contributed by atoms with Crippen LogP contribution < -0.4 is 10.1 Å². The van der Waals surface area contributed by atoms with Crippen LogP contribution in [-0.4, -0.2) is 28.2 Å². The van der Waals surface area contributed by atoms with Crippen LogP contribution in [0.1, 0.15) is 11.4 Å². The number of carbonyl (C=O) groups excluding carboxylic acids is 1. The number of benzene rings is 2. The van der Waals surface area contributed by atoms with Crippen molar-refractivity contribution in [3.8, 4) is 5.75 Å². The van der Waals surface area contributed by atoms with Crippen LogP contribution in [0.4, 0.5) is 0 Å². The van der Waals surface area contributed by atoms with Crippen LogP contribution in [0.5, 0.6) is 5.75 Å². The number of methoxy groups -OCH3 is 1. The van der Waals surface area contributed by atoms with Crippen LogP contribution in [-0.2, 0) is 17.8 Å². The molecule has 0 fully saturated rings. The van der Waals surface area contributed by atoms with Crippen LogP contribution in [0.2, 0.25) is 0 Å². The Bertz CT molecular complexity index is 1050. The molecule has 2 aromatic carbocycles. The third-order valence-electron chi connectivity index (χ3n) is 4.24. The zero-order chi connectivity index (χ0) is 17.2. The number of fused-ring (bicyclic) bond motifs is 2. The summed E-state index contributed by atoms with van der Waals surface area (Å²) in [7, 11) is 1.65. The molecule has 126 valence electrons. The van der Waals surface area contributed by atoms with Gasteiger partial charge in [0.15, 0.2) is 0 Å². The summed E-state index contributed by atoms with van der Waals surface area (Å²) in [5, 5.41) is 12.1. The molecule has 3 N–H and O–H groups in total. The predicted molar refractivity (Wildman–Crippen MR) is 96.5 cm³/mol. The lowest BCUT2D eigenvalue weighted by atomic mass is 10.1. The zero-order valence-corrected chi connectivity index (χ0v) is 13.8. The largest absolute Gasteiger partial charge is 0.497 e. The Hall–Kier alpha value is -3.28. The van der Waals surface area contributed by atoms with Gasteiger partial charge < -0.3 is 15.0 Å². The van der Waals surface area contributed by atoms with E-state index in [1.54, 1.807) is 7.11 Å². The summed E-state index contributed by atoms with van der Waals surface area (Å²) in [6.45, 7) is 0.446. The van der Waals surface area contributed by atoms with Crippen molar-refractivity contribution in [2.24, 2.45) is 0 Å².